The largest absolute Gasteiger partial charge is 0.494 e. The molecule has 0 N–H and O–H groups in total. The van der Waals surface area contributed by atoms with Crippen LogP contribution in [0.1, 0.15) is 25.0 Å². The summed E-state index contributed by atoms with van der Waals surface area (Å²) in [6.45, 7) is 5.66. The van der Waals surface area contributed by atoms with E-state index in [2.05, 4.69) is 4.36 Å². The molecule has 27 heavy (non-hydrogen) atoms. The number of hydrogen-bond donors (Lipinski definition) is 0. The van der Waals surface area contributed by atoms with E-state index in [9.17, 15) is 9.00 Å². The van der Waals surface area contributed by atoms with Crippen molar-refractivity contribution >= 4 is 27.5 Å². The fraction of sp³-hybridized carbons (Fsp3) is 0.286. The van der Waals surface area contributed by atoms with Gasteiger partial charge in [-0.25, -0.2) is 9.00 Å². The maximum Gasteiger partial charge on any atom is 0.333 e. The molecule has 0 aromatic heterocycles. The van der Waals surface area contributed by atoms with Crippen molar-refractivity contribution < 1.29 is 18.5 Å². The molecule has 0 aliphatic heterocycles. The van der Waals surface area contributed by atoms with Crippen molar-refractivity contribution in [3.8, 4) is 5.75 Å². The third-order valence-corrected chi connectivity index (χ3v) is 5.56. The lowest BCUT2D eigenvalue weighted by Gasteiger charge is -2.12. The Morgan fingerprint density at radius 2 is 1.89 bits per heavy atom. The second kappa shape index (κ2) is 8.86. The number of esters is 1. The Bertz CT molecular complexity index is 971. The summed E-state index contributed by atoms with van der Waals surface area (Å²) in [6.07, 6.45) is 3.28. The van der Waals surface area contributed by atoms with E-state index in [1.807, 2.05) is 37.3 Å². The minimum Gasteiger partial charge on any atom is -0.494 e. The zero-order chi connectivity index (χ0) is 20.0. The number of nitrogens with zero attached hydrogens (tertiary/aromatic N) is 1. The van der Waals surface area contributed by atoms with Gasteiger partial charge in [-0.1, -0.05) is 18.2 Å². The van der Waals surface area contributed by atoms with E-state index in [-0.39, 0.29) is 0 Å². The first kappa shape index (κ1) is 20.7. The van der Waals surface area contributed by atoms with Crippen molar-refractivity contribution in [2.75, 3.05) is 20.0 Å². The number of carbonyl (C=O) groups excluding carboxylic acids is 1. The Morgan fingerprint density at radius 1 is 1.22 bits per heavy atom. The van der Waals surface area contributed by atoms with Gasteiger partial charge in [0.25, 0.3) is 0 Å². The van der Waals surface area contributed by atoms with Crippen molar-refractivity contribution in [2.45, 2.75) is 25.7 Å². The maximum absolute atomic E-state index is 13.3. The first-order chi connectivity index (χ1) is 12.8. The molecular formula is C21H25NO4S. The minimum absolute atomic E-state index is 0.301. The van der Waals surface area contributed by atoms with E-state index in [0.717, 1.165) is 5.56 Å². The summed E-state index contributed by atoms with van der Waals surface area (Å²) in [7, 11) is -1.16. The topological polar surface area (TPSA) is 65.0 Å². The maximum atomic E-state index is 13.3. The third-order valence-electron chi connectivity index (χ3n) is 3.88. The molecule has 2 aromatic rings. The van der Waals surface area contributed by atoms with Gasteiger partial charge in [-0.2, -0.15) is 4.36 Å². The van der Waals surface area contributed by atoms with Gasteiger partial charge in [0.1, 0.15) is 11.4 Å². The molecule has 0 aliphatic rings. The lowest BCUT2D eigenvalue weighted by atomic mass is 10.1. The zero-order valence-electron chi connectivity index (χ0n) is 16.3. The number of benzene rings is 2. The molecule has 0 saturated carbocycles. The lowest BCUT2D eigenvalue weighted by Crippen LogP contribution is -2.05. The van der Waals surface area contributed by atoms with Gasteiger partial charge >= 0.3 is 5.97 Å². The van der Waals surface area contributed by atoms with E-state index in [1.165, 1.54) is 0 Å². The van der Waals surface area contributed by atoms with Gasteiger partial charge in [-0.3, -0.25) is 0 Å². The predicted octanol–water partition coefficient (Wildman–Crippen LogP) is 4.76. The van der Waals surface area contributed by atoms with E-state index in [0.29, 0.717) is 34.1 Å². The summed E-state index contributed by atoms with van der Waals surface area (Å²) < 4.78 is 28.3. The molecule has 0 bridgehead atoms. The molecular weight excluding hydrogens is 362 g/mol. The Labute approximate surface area is 161 Å². The van der Waals surface area contributed by atoms with Gasteiger partial charge in [0.15, 0.2) is 0 Å². The van der Waals surface area contributed by atoms with Gasteiger partial charge in [-0.15, -0.1) is 0 Å². The monoisotopic (exact) mass is 387 g/mol. The highest BCUT2D eigenvalue weighted by atomic mass is 32.2. The van der Waals surface area contributed by atoms with Crippen molar-refractivity contribution in [1.29, 1.82) is 0 Å². The van der Waals surface area contributed by atoms with Crippen LogP contribution in [0, 0.1) is 6.92 Å². The number of aryl methyl sites for hydroxylation is 1. The van der Waals surface area contributed by atoms with Crippen molar-refractivity contribution in [1.82, 2.24) is 0 Å². The smallest absolute Gasteiger partial charge is 0.333 e. The number of carbonyl (C=O) groups is 1. The van der Waals surface area contributed by atoms with Gasteiger partial charge in [0.2, 0.25) is 0 Å². The standard InChI is InChI=1S/C21H25NO4S/c1-6-26-21(23)16(3)14-17-12-15(2)13-19(25-4)20(17)22-27(5,24)18-10-8-7-9-11-18/h7-14H,6H2,1-5H3/b16-14+. The SMILES string of the molecule is CCOC(=O)/C(C)=C/c1cc(C)cc(OC)c1N=S(C)(=O)c1ccccc1. The molecule has 0 aliphatic carbocycles. The summed E-state index contributed by atoms with van der Waals surface area (Å²) in [5.74, 6) is 0.104. The fourth-order valence-corrected chi connectivity index (χ4v) is 3.88. The van der Waals surface area contributed by atoms with E-state index >= 15 is 0 Å². The summed E-state index contributed by atoms with van der Waals surface area (Å²) in [5.41, 5.74) is 2.48. The van der Waals surface area contributed by atoms with Crippen LogP contribution < -0.4 is 4.74 Å². The zero-order valence-corrected chi connectivity index (χ0v) is 17.1. The quantitative estimate of drug-likeness (QED) is 0.529. The highest BCUT2D eigenvalue weighted by Gasteiger charge is 2.15. The summed E-state index contributed by atoms with van der Waals surface area (Å²) in [4.78, 5) is 12.6. The molecule has 0 spiro atoms. The van der Waals surface area contributed by atoms with Crippen LogP contribution >= 0.6 is 0 Å². The molecule has 0 radical (unpaired) electrons. The first-order valence-corrected chi connectivity index (χ1v) is 10.5. The first-order valence-electron chi connectivity index (χ1n) is 8.59. The van der Waals surface area contributed by atoms with Crippen molar-refractivity contribution in [3.05, 3.63) is 59.2 Å². The summed E-state index contributed by atoms with van der Waals surface area (Å²) in [5, 5.41) is 0. The molecule has 0 fully saturated rings. The Kier molecular flexibility index (Phi) is 6.80. The minimum atomic E-state index is -2.70. The number of ether oxygens (including phenoxy) is 2. The normalized spacial score (nSPS) is 13.6. The third kappa shape index (κ3) is 5.20. The van der Waals surface area contributed by atoms with Crippen molar-refractivity contribution in [3.63, 3.8) is 0 Å². The Hall–Kier alpha value is -2.60. The van der Waals surface area contributed by atoms with Crippen LogP contribution in [0.2, 0.25) is 0 Å². The highest BCUT2D eigenvalue weighted by Crippen LogP contribution is 2.36. The fourth-order valence-electron chi connectivity index (χ4n) is 2.57. The van der Waals surface area contributed by atoms with Crippen LogP contribution in [0.3, 0.4) is 0 Å². The van der Waals surface area contributed by atoms with Gasteiger partial charge < -0.3 is 9.47 Å². The van der Waals surface area contributed by atoms with Gasteiger partial charge in [0, 0.05) is 22.3 Å². The van der Waals surface area contributed by atoms with Gasteiger partial charge in [-0.05, 0) is 56.7 Å². The molecule has 1 atom stereocenters. The molecule has 5 nitrogen and oxygen atoms in total. The van der Waals surface area contributed by atoms with Crippen LogP contribution in [0.15, 0.2) is 57.3 Å². The molecule has 0 amide bonds. The highest BCUT2D eigenvalue weighted by molar-refractivity contribution is 7.93. The number of methoxy groups -OCH3 is 1. The summed E-state index contributed by atoms with van der Waals surface area (Å²) >= 11 is 0. The summed E-state index contributed by atoms with van der Waals surface area (Å²) in [6, 6.07) is 12.8. The Morgan fingerprint density at radius 3 is 2.48 bits per heavy atom. The van der Waals surface area contributed by atoms with Gasteiger partial charge in [0.05, 0.1) is 23.4 Å². The number of rotatable bonds is 6. The van der Waals surface area contributed by atoms with E-state index < -0.39 is 15.7 Å². The number of hydrogen-bond acceptors (Lipinski definition) is 5. The molecule has 6 heteroatoms. The van der Waals surface area contributed by atoms with E-state index in [1.54, 1.807) is 45.4 Å². The second-order valence-corrected chi connectivity index (χ2v) is 8.42. The molecule has 144 valence electrons. The molecule has 0 heterocycles. The van der Waals surface area contributed by atoms with Crippen molar-refractivity contribution in [2.24, 2.45) is 4.36 Å². The van der Waals surface area contributed by atoms with Crippen LogP contribution in [-0.2, 0) is 19.3 Å². The lowest BCUT2D eigenvalue weighted by molar-refractivity contribution is -0.138. The van der Waals surface area contributed by atoms with Crippen LogP contribution in [0.25, 0.3) is 6.08 Å². The second-order valence-electron chi connectivity index (χ2n) is 6.16. The average Bonchev–Trinajstić information content (AvgIpc) is 2.64. The Balaban J connectivity index is 2.68. The molecule has 0 saturated heterocycles. The van der Waals surface area contributed by atoms with Crippen LogP contribution in [0.4, 0.5) is 5.69 Å². The van der Waals surface area contributed by atoms with Crippen LogP contribution in [0.5, 0.6) is 5.75 Å². The molecule has 2 rings (SSSR count). The molecule has 1 unspecified atom stereocenters. The van der Waals surface area contributed by atoms with E-state index in [4.69, 9.17) is 9.47 Å². The predicted molar refractivity (Wildman–Crippen MR) is 109 cm³/mol. The average molecular weight is 388 g/mol. The van der Waals surface area contributed by atoms with Crippen LogP contribution in [-0.4, -0.2) is 30.2 Å². The molecule has 2 aromatic carbocycles.